The van der Waals surface area contributed by atoms with Crippen LogP contribution in [0.5, 0.6) is 0 Å². The summed E-state index contributed by atoms with van der Waals surface area (Å²) in [5.41, 5.74) is 1.23. The minimum Gasteiger partial charge on any atom is -0.393 e. The Morgan fingerprint density at radius 1 is 1.80 bits per heavy atom. The minimum absolute atomic E-state index is 0.0818. The summed E-state index contributed by atoms with van der Waals surface area (Å²) in [5, 5.41) is 9.38. The number of allylic oxidation sites excluding steroid dienone is 1. The molecule has 0 aliphatic heterocycles. The monoisotopic (exact) mass is 140 g/mol. The van der Waals surface area contributed by atoms with Crippen LogP contribution in [0.4, 0.5) is 0 Å². The molecular formula is C9H16O. The molecule has 0 aromatic rings. The van der Waals surface area contributed by atoms with Gasteiger partial charge < -0.3 is 5.11 Å². The Morgan fingerprint density at radius 3 is 2.70 bits per heavy atom. The molecule has 0 aromatic heterocycles. The molecule has 3 atom stereocenters. The van der Waals surface area contributed by atoms with E-state index < -0.39 is 0 Å². The van der Waals surface area contributed by atoms with Gasteiger partial charge in [-0.2, -0.15) is 0 Å². The van der Waals surface area contributed by atoms with E-state index in [-0.39, 0.29) is 6.10 Å². The predicted octanol–water partition coefficient (Wildman–Crippen LogP) is 1.97. The van der Waals surface area contributed by atoms with Gasteiger partial charge in [-0.25, -0.2) is 0 Å². The van der Waals surface area contributed by atoms with Gasteiger partial charge in [0.25, 0.3) is 0 Å². The maximum absolute atomic E-state index is 9.38. The molecular weight excluding hydrogens is 124 g/mol. The summed E-state index contributed by atoms with van der Waals surface area (Å²) in [4.78, 5) is 0. The van der Waals surface area contributed by atoms with E-state index >= 15 is 0 Å². The van der Waals surface area contributed by atoms with Crippen molar-refractivity contribution in [1.82, 2.24) is 0 Å². The highest BCUT2D eigenvalue weighted by molar-refractivity contribution is 5.10. The van der Waals surface area contributed by atoms with Gasteiger partial charge >= 0.3 is 0 Å². The summed E-state index contributed by atoms with van der Waals surface area (Å²) in [6.45, 7) is 7.95. The Morgan fingerprint density at radius 2 is 2.40 bits per heavy atom. The summed E-state index contributed by atoms with van der Waals surface area (Å²) >= 11 is 0. The van der Waals surface area contributed by atoms with Gasteiger partial charge in [0.1, 0.15) is 0 Å². The van der Waals surface area contributed by atoms with Crippen molar-refractivity contribution in [1.29, 1.82) is 0 Å². The first-order valence-corrected chi connectivity index (χ1v) is 4.00. The Bertz CT molecular complexity index is 140. The van der Waals surface area contributed by atoms with Crippen LogP contribution in [0.25, 0.3) is 0 Å². The molecule has 1 N–H and O–H groups in total. The second kappa shape index (κ2) is 2.75. The third kappa shape index (κ3) is 1.40. The Labute approximate surface area is 62.8 Å². The molecule has 1 saturated carbocycles. The van der Waals surface area contributed by atoms with Crippen LogP contribution >= 0.6 is 0 Å². The van der Waals surface area contributed by atoms with Crippen molar-refractivity contribution < 1.29 is 5.11 Å². The van der Waals surface area contributed by atoms with Crippen LogP contribution in [0.15, 0.2) is 12.2 Å². The summed E-state index contributed by atoms with van der Waals surface area (Å²) in [6, 6.07) is 0. The van der Waals surface area contributed by atoms with Crippen LogP contribution in [0.2, 0.25) is 0 Å². The molecule has 1 fully saturated rings. The smallest absolute Gasteiger partial charge is 0.0571 e. The summed E-state index contributed by atoms with van der Waals surface area (Å²) in [5.74, 6) is 1.15. The van der Waals surface area contributed by atoms with Crippen molar-refractivity contribution in [3.8, 4) is 0 Å². The lowest BCUT2D eigenvalue weighted by atomic mass is 10.1. The average Bonchev–Trinajstić information content (AvgIpc) is 2.64. The molecule has 0 radical (unpaired) electrons. The van der Waals surface area contributed by atoms with Crippen molar-refractivity contribution in [3.05, 3.63) is 12.2 Å². The van der Waals surface area contributed by atoms with Crippen LogP contribution in [-0.2, 0) is 0 Å². The van der Waals surface area contributed by atoms with Crippen molar-refractivity contribution in [2.24, 2.45) is 11.8 Å². The van der Waals surface area contributed by atoms with Gasteiger partial charge in [-0.3, -0.25) is 0 Å². The van der Waals surface area contributed by atoms with E-state index in [2.05, 4.69) is 6.58 Å². The predicted molar refractivity (Wildman–Crippen MR) is 42.7 cm³/mol. The lowest BCUT2D eigenvalue weighted by Gasteiger charge is -2.05. The molecule has 0 saturated heterocycles. The van der Waals surface area contributed by atoms with E-state index in [1.54, 1.807) is 0 Å². The zero-order valence-electron chi connectivity index (χ0n) is 6.80. The minimum atomic E-state index is -0.0818. The normalized spacial score (nSPS) is 33.5. The molecule has 0 bridgehead atoms. The summed E-state index contributed by atoms with van der Waals surface area (Å²) in [7, 11) is 0. The van der Waals surface area contributed by atoms with Crippen LogP contribution in [0.3, 0.4) is 0 Å². The molecule has 1 nitrogen and oxygen atoms in total. The molecule has 3 unspecified atom stereocenters. The fourth-order valence-corrected chi connectivity index (χ4v) is 1.51. The van der Waals surface area contributed by atoms with E-state index in [0.717, 1.165) is 12.8 Å². The van der Waals surface area contributed by atoms with E-state index in [4.69, 9.17) is 0 Å². The molecule has 1 aliphatic rings. The Kier molecular flexibility index (Phi) is 2.14. The van der Waals surface area contributed by atoms with Crippen LogP contribution in [-0.4, -0.2) is 11.2 Å². The van der Waals surface area contributed by atoms with Crippen molar-refractivity contribution in [2.75, 3.05) is 0 Å². The lowest BCUT2D eigenvalue weighted by Crippen LogP contribution is -2.08. The fourth-order valence-electron chi connectivity index (χ4n) is 1.51. The van der Waals surface area contributed by atoms with E-state index in [1.807, 2.05) is 13.8 Å². The summed E-state index contributed by atoms with van der Waals surface area (Å²) in [6.07, 6.45) is 1.96. The van der Waals surface area contributed by atoms with Gasteiger partial charge in [0.15, 0.2) is 0 Å². The molecule has 1 aliphatic carbocycles. The van der Waals surface area contributed by atoms with Crippen LogP contribution < -0.4 is 0 Å². The van der Waals surface area contributed by atoms with E-state index in [0.29, 0.717) is 11.8 Å². The molecule has 58 valence electrons. The highest BCUT2D eigenvalue weighted by Gasteiger charge is 2.41. The van der Waals surface area contributed by atoms with Crippen LogP contribution in [0, 0.1) is 11.8 Å². The maximum Gasteiger partial charge on any atom is 0.0571 e. The molecule has 0 aromatic carbocycles. The highest BCUT2D eigenvalue weighted by Crippen LogP contribution is 2.46. The number of aliphatic hydroxyl groups excluding tert-OH is 1. The molecule has 0 heterocycles. The Balaban J connectivity index is 2.31. The van der Waals surface area contributed by atoms with Gasteiger partial charge in [-0.1, -0.05) is 19.1 Å². The van der Waals surface area contributed by atoms with Crippen LogP contribution in [0.1, 0.15) is 26.7 Å². The highest BCUT2D eigenvalue weighted by atomic mass is 16.3. The first kappa shape index (κ1) is 7.80. The van der Waals surface area contributed by atoms with Crippen molar-refractivity contribution in [3.63, 3.8) is 0 Å². The molecule has 1 heteroatoms. The fraction of sp³-hybridized carbons (Fsp3) is 0.778. The summed E-state index contributed by atoms with van der Waals surface area (Å²) < 4.78 is 0. The Hall–Kier alpha value is -0.300. The van der Waals surface area contributed by atoms with Gasteiger partial charge in [0.05, 0.1) is 6.10 Å². The zero-order valence-corrected chi connectivity index (χ0v) is 6.80. The van der Waals surface area contributed by atoms with Gasteiger partial charge in [0, 0.05) is 0 Å². The second-order valence-corrected chi connectivity index (χ2v) is 3.33. The number of aliphatic hydroxyl groups is 1. The molecule has 0 amide bonds. The van der Waals surface area contributed by atoms with E-state index in [1.165, 1.54) is 5.57 Å². The van der Waals surface area contributed by atoms with E-state index in [9.17, 15) is 5.11 Å². The van der Waals surface area contributed by atoms with Gasteiger partial charge in [-0.05, 0) is 31.6 Å². The first-order valence-electron chi connectivity index (χ1n) is 4.00. The van der Waals surface area contributed by atoms with Gasteiger partial charge in [0.2, 0.25) is 0 Å². The van der Waals surface area contributed by atoms with Crippen molar-refractivity contribution in [2.45, 2.75) is 32.8 Å². The third-order valence-corrected chi connectivity index (χ3v) is 2.39. The largest absolute Gasteiger partial charge is 0.393 e. The maximum atomic E-state index is 9.38. The average molecular weight is 140 g/mol. The third-order valence-electron chi connectivity index (χ3n) is 2.39. The zero-order chi connectivity index (χ0) is 7.72. The van der Waals surface area contributed by atoms with Crippen molar-refractivity contribution >= 4 is 0 Å². The molecule has 1 rings (SSSR count). The standard InChI is InChI=1S/C9H16O/c1-4-9(10)8-5-7(8)6(2)3/h7-10H,2,4-5H2,1,3H3. The topological polar surface area (TPSA) is 20.2 Å². The lowest BCUT2D eigenvalue weighted by molar-refractivity contribution is 0.143. The molecule has 10 heavy (non-hydrogen) atoms. The first-order chi connectivity index (χ1) is 4.66. The number of hydrogen-bond acceptors (Lipinski definition) is 1. The number of rotatable bonds is 3. The number of hydrogen-bond donors (Lipinski definition) is 1. The van der Waals surface area contributed by atoms with Gasteiger partial charge in [-0.15, -0.1) is 0 Å². The SMILES string of the molecule is C=C(C)C1CC1C(O)CC. The molecule has 0 spiro atoms. The quantitative estimate of drug-likeness (QED) is 0.594. The second-order valence-electron chi connectivity index (χ2n) is 3.33.